The van der Waals surface area contributed by atoms with Crippen LogP contribution in [0.4, 0.5) is 0 Å². The van der Waals surface area contributed by atoms with E-state index in [0.717, 1.165) is 44.9 Å². The molecule has 2 N–H and O–H groups in total. The van der Waals surface area contributed by atoms with Crippen LogP contribution in [0, 0.1) is 11.8 Å². The molecular weight excluding hydrogens is 400 g/mol. The summed E-state index contributed by atoms with van der Waals surface area (Å²) in [6.07, 6.45) is 5.21. The molecule has 0 aromatic carbocycles. The number of hydrogen-bond donors (Lipinski definition) is 2. The van der Waals surface area contributed by atoms with Crippen molar-refractivity contribution in [1.82, 2.24) is 0 Å². The van der Waals surface area contributed by atoms with Gasteiger partial charge in [0.1, 0.15) is 25.3 Å². The molecule has 184 valence electrons. The number of unbranched alkanes of at least 4 members (excludes halogenated alkanes) is 6. The van der Waals surface area contributed by atoms with Crippen molar-refractivity contribution in [2.45, 2.75) is 70.0 Å². The summed E-state index contributed by atoms with van der Waals surface area (Å²) in [7, 11) is 11.5. The average molecular weight is 447 g/mol. The summed E-state index contributed by atoms with van der Waals surface area (Å²) in [6.45, 7) is 0.740. The first-order valence-corrected chi connectivity index (χ1v) is 11.5. The van der Waals surface area contributed by atoms with Gasteiger partial charge in [0.15, 0.2) is 0 Å². The highest BCUT2D eigenvalue weighted by Crippen LogP contribution is 2.19. The van der Waals surface area contributed by atoms with Gasteiger partial charge >= 0.3 is 0 Å². The molecule has 0 saturated carbocycles. The van der Waals surface area contributed by atoms with E-state index in [1.807, 2.05) is 42.3 Å². The number of rotatable bonds is 18. The Balaban J connectivity index is 4.06. The molecule has 0 rings (SSSR count). The lowest BCUT2D eigenvalue weighted by atomic mass is 9.93. The second-order valence-corrected chi connectivity index (χ2v) is 11.0. The third-order valence-corrected chi connectivity index (χ3v) is 5.53. The SMILES string of the molecule is C[N+](C)(C)CC(O)C(CCCCCCCCCC(C(=O)[O-])C(O)C[N+](C)(C)C)C(=O)[O-]. The summed E-state index contributed by atoms with van der Waals surface area (Å²) in [6, 6.07) is 0. The van der Waals surface area contributed by atoms with E-state index < -0.39 is 36.0 Å². The summed E-state index contributed by atoms with van der Waals surface area (Å²) < 4.78 is 0.992. The molecule has 0 amide bonds. The zero-order chi connectivity index (χ0) is 24.2. The zero-order valence-electron chi connectivity index (χ0n) is 20.5. The highest BCUT2D eigenvalue weighted by molar-refractivity contribution is 5.68. The van der Waals surface area contributed by atoms with E-state index >= 15 is 0 Å². The van der Waals surface area contributed by atoms with Crippen LogP contribution in [0.2, 0.25) is 0 Å². The van der Waals surface area contributed by atoms with Gasteiger partial charge in [-0.1, -0.05) is 44.9 Å². The minimum absolute atomic E-state index is 0.370. The van der Waals surface area contributed by atoms with Crippen LogP contribution in [-0.2, 0) is 9.59 Å². The number of carboxylic acid groups (broad SMARTS) is 2. The molecule has 0 aromatic heterocycles. The summed E-state index contributed by atoms with van der Waals surface area (Å²) in [5, 5.41) is 43.1. The number of likely N-dealkylation sites (N-methyl/N-ethyl adjacent to an activating group) is 2. The minimum atomic E-state index is -1.18. The normalized spacial score (nSPS) is 16.5. The van der Waals surface area contributed by atoms with Gasteiger partial charge in [-0.2, -0.15) is 0 Å². The van der Waals surface area contributed by atoms with Crippen molar-refractivity contribution < 1.29 is 39.0 Å². The van der Waals surface area contributed by atoms with E-state index in [4.69, 9.17) is 0 Å². The summed E-state index contributed by atoms with van der Waals surface area (Å²) in [5.74, 6) is -4.04. The van der Waals surface area contributed by atoms with Gasteiger partial charge in [-0.15, -0.1) is 0 Å². The van der Waals surface area contributed by atoms with Crippen LogP contribution in [-0.4, -0.2) is 98.7 Å². The van der Waals surface area contributed by atoms with Crippen molar-refractivity contribution in [3.63, 3.8) is 0 Å². The number of aliphatic hydroxyl groups excluding tert-OH is 2. The number of carbonyl (C=O) groups is 2. The summed E-state index contributed by atoms with van der Waals surface area (Å²) in [4.78, 5) is 22.7. The van der Waals surface area contributed by atoms with Crippen LogP contribution in [0.3, 0.4) is 0 Å². The molecule has 0 radical (unpaired) electrons. The summed E-state index contributed by atoms with van der Waals surface area (Å²) >= 11 is 0. The molecule has 0 aliphatic carbocycles. The molecule has 0 aromatic rings. The lowest BCUT2D eigenvalue weighted by Gasteiger charge is -2.31. The maximum atomic E-state index is 11.3. The zero-order valence-corrected chi connectivity index (χ0v) is 20.5. The van der Waals surface area contributed by atoms with Gasteiger partial charge in [0.05, 0.1) is 42.3 Å². The second kappa shape index (κ2) is 14.0. The molecule has 0 bridgehead atoms. The molecule has 0 aliphatic heterocycles. The van der Waals surface area contributed by atoms with Crippen LogP contribution in [0.25, 0.3) is 0 Å². The van der Waals surface area contributed by atoms with Gasteiger partial charge in [-0.3, -0.25) is 0 Å². The number of quaternary nitrogens is 2. The van der Waals surface area contributed by atoms with E-state index in [9.17, 15) is 30.0 Å². The van der Waals surface area contributed by atoms with Crippen LogP contribution < -0.4 is 10.2 Å². The first kappa shape index (κ1) is 29.8. The van der Waals surface area contributed by atoms with Crippen molar-refractivity contribution in [3.05, 3.63) is 0 Å². The summed E-state index contributed by atoms with van der Waals surface area (Å²) in [5.41, 5.74) is 0. The fraction of sp³-hybridized carbons (Fsp3) is 0.913. The predicted molar refractivity (Wildman–Crippen MR) is 116 cm³/mol. The molecule has 31 heavy (non-hydrogen) atoms. The highest BCUT2D eigenvalue weighted by Gasteiger charge is 2.26. The topological polar surface area (TPSA) is 121 Å². The van der Waals surface area contributed by atoms with Gasteiger partial charge < -0.3 is 39.0 Å². The number of aliphatic hydroxyl groups is 2. The first-order valence-electron chi connectivity index (χ1n) is 11.5. The van der Waals surface area contributed by atoms with Gasteiger partial charge in [0.25, 0.3) is 0 Å². The maximum Gasteiger partial charge on any atom is 0.111 e. The number of carbonyl (C=O) groups excluding carboxylic acids is 2. The Morgan fingerprint density at radius 1 is 0.613 bits per heavy atom. The molecule has 8 heteroatoms. The van der Waals surface area contributed by atoms with Gasteiger partial charge in [0.2, 0.25) is 0 Å². The molecule has 8 nitrogen and oxygen atoms in total. The van der Waals surface area contributed by atoms with Crippen molar-refractivity contribution in [1.29, 1.82) is 0 Å². The molecule has 0 fully saturated rings. The van der Waals surface area contributed by atoms with Crippen molar-refractivity contribution in [3.8, 4) is 0 Å². The fourth-order valence-electron chi connectivity index (χ4n) is 3.92. The van der Waals surface area contributed by atoms with Crippen molar-refractivity contribution in [2.75, 3.05) is 55.4 Å². The fourth-order valence-corrected chi connectivity index (χ4v) is 3.92. The molecule has 0 spiro atoms. The monoisotopic (exact) mass is 446 g/mol. The van der Waals surface area contributed by atoms with Crippen LogP contribution >= 0.6 is 0 Å². The first-order chi connectivity index (χ1) is 14.1. The Hall–Kier alpha value is -1.22. The Kier molecular flexibility index (Phi) is 13.5. The van der Waals surface area contributed by atoms with Crippen molar-refractivity contribution in [2.24, 2.45) is 11.8 Å². The minimum Gasteiger partial charge on any atom is -0.550 e. The average Bonchev–Trinajstić information content (AvgIpc) is 2.55. The Morgan fingerprint density at radius 2 is 0.871 bits per heavy atom. The smallest absolute Gasteiger partial charge is 0.111 e. The van der Waals surface area contributed by atoms with E-state index in [-0.39, 0.29) is 0 Å². The molecule has 4 unspecified atom stereocenters. The van der Waals surface area contributed by atoms with E-state index in [1.165, 1.54) is 0 Å². The van der Waals surface area contributed by atoms with Crippen molar-refractivity contribution >= 4 is 11.9 Å². The Bertz CT molecular complexity index is 481. The van der Waals surface area contributed by atoms with Crippen LogP contribution in [0.5, 0.6) is 0 Å². The predicted octanol–water partition coefficient (Wildman–Crippen LogP) is -0.636. The third-order valence-electron chi connectivity index (χ3n) is 5.53. The van der Waals surface area contributed by atoms with Crippen LogP contribution in [0.15, 0.2) is 0 Å². The van der Waals surface area contributed by atoms with Gasteiger partial charge in [-0.05, 0) is 12.8 Å². The highest BCUT2D eigenvalue weighted by atomic mass is 16.4. The largest absolute Gasteiger partial charge is 0.550 e. The lowest BCUT2D eigenvalue weighted by Crippen LogP contribution is -2.48. The number of hydrogen-bond acceptors (Lipinski definition) is 6. The van der Waals surface area contributed by atoms with Gasteiger partial charge in [-0.25, -0.2) is 0 Å². The quantitative estimate of drug-likeness (QED) is 0.213. The standard InChI is InChI=1S/C23H46N2O6/c1-24(2,3)16-20(26)18(22(28)29)14-12-10-8-7-9-11-13-15-19(23(30)31)21(27)17-25(4,5)6/h18-21,26-27H,7-17H2,1-6H3. The second-order valence-electron chi connectivity index (χ2n) is 11.0. The number of nitrogens with zero attached hydrogens (tertiary/aromatic N) is 2. The maximum absolute atomic E-state index is 11.3. The molecule has 4 atom stereocenters. The van der Waals surface area contributed by atoms with Gasteiger partial charge in [0, 0.05) is 23.8 Å². The third kappa shape index (κ3) is 15.3. The molecule has 0 aliphatic rings. The van der Waals surface area contributed by atoms with E-state index in [2.05, 4.69) is 0 Å². The van der Waals surface area contributed by atoms with E-state index in [1.54, 1.807) is 0 Å². The molecule has 0 saturated heterocycles. The Morgan fingerprint density at radius 3 is 1.10 bits per heavy atom. The lowest BCUT2D eigenvalue weighted by molar-refractivity contribution is -0.874. The molecular formula is C23H46N2O6. The molecule has 0 heterocycles. The van der Waals surface area contributed by atoms with E-state index in [0.29, 0.717) is 34.9 Å². The number of aliphatic carboxylic acids is 2. The van der Waals surface area contributed by atoms with Crippen LogP contribution in [0.1, 0.15) is 57.8 Å². The number of carboxylic acids is 2. The Labute approximate surface area is 188 Å².